The molecular weight excluding hydrogens is 516 g/mol. The second-order valence-corrected chi connectivity index (χ2v) is 12.1. The number of nitrogens with zero attached hydrogens (tertiary/aromatic N) is 1. The maximum absolute atomic E-state index is 13.3. The Morgan fingerprint density at radius 3 is 2.12 bits per heavy atom. The lowest BCUT2D eigenvalue weighted by atomic mass is 10.0. The molecule has 0 fully saturated rings. The number of rotatable bonds is 19. The van der Waals surface area contributed by atoms with E-state index in [0.29, 0.717) is 23.5 Å². The maximum atomic E-state index is 13.3. The molecule has 218 valence electrons. The number of amides is 1. The van der Waals surface area contributed by atoms with E-state index in [0.717, 1.165) is 36.5 Å². The highest BCUT2D eigenvalue weighted by Crippen LogP contribution is 2.28. The van der Waals surface area contributed by atoms with Gasteiger partial charge in [0, 0.05) is 18.4 Å². The first-order chi connectivity index (χ1) is 19.5. The molecule has 1 N–H and O–H groups in total. The molecule has 5 nitrogen and oxygen atoms in total. The van der Waals surface area contributed by atoms with Gasteiger partial charge in [0.1, 0.15) is 5.75 Å². The number of unbranched alkanes of at least 4 members (excludes halogenated alkanes) is 11. The Kier molecular flexibility index (Phi) is 14.2. The fraction of sp³-hybridized carbons (Fsp3) is 0.529. The van der Waals surface area contributed by atoms with Crippen molar-refractivity contribution >= 4 is 29.1 Å². The highest BCUT2D eigenvalue weighted by atomic mass is 32.2. The number of carbonyl (C=O) groups is 2. The lowest BCUT2D eigenvalue weighted by Crippen LogP contribution is -2.16. The number of hydrogen-bond acceptors (Lipinski definition) is 5. The van der Waals surface area contributed by atoms with Crippen LogP contribution in [-0.2, 0) is 6.54 Å². The van der Waals surface area contributed by atoms with Gasteiger partial charge < -0.3 is 15.0 Å². The number of ketones is 1. The first kappa shape index (κ1) is 31.8. The molecule has 0 bridgehead atoms. The summed E-state index contributed by atoms with van der Waals surface area (Å²) >= 11 is 1.83. The number of allylic oxidation sites excluding steroid dienone is 1. The number of thioether (sulfide) groups is 1. The van der Waals surface area contributed by atoms with Crippen LogP contribution in [0.15, 0.2) is 53.6 Å². The summed E-state index contributed by atoms with van der Waals surface area (Å²) in [5, 5.41) is 3.02. The number of benzene rings is 2. The van der Waals surface area contributed by atoms with Crippen LogP contribution in [0.3, 0.4) is 0 Å². The number of nitrogens with one attached hydrogen (secondary N) is 1. The van der Waals surface area contributed by atoms with Crippen LogP contribution in [0.5, 0.6) is 5.75 Å². The second-order valence-electron chi connectivity index (χ2n) is 10.9. The summed E-state index contributed by atoms with van der Waals surface area (Å²) in [5.41, 5.74) is 2.71. The molecule has 0 spiro atoms. The van der Waals surface area contributed by atoms with E-state index in [4.69, 9.17) is 4.74 Å². The van der Waals surface area contributed by atoms with Crippen molar-refractivity contribution in [3.63, 3.8) is 0 Å². The van der Waals surface area contributed by atoms with Gasteiger partial charge in [0.25, 0.3) is 5.91 Å². The fourth-order valence-electron chi connectivity index (χ4n) is 5.05. The Morgan fingerprint density at radius 1 is 0.875 bits per heavy atom. The number of Topliss-reactive ketones (excluding diaryl/α,β-unsaturated/α-hetero) is 1. The van der Waals surface area contributed by atoms with Crippen LogP contribution in [0.25, 0.3) is 0 Å². The Labute approximate surface area is 246 Å². The first-order valence-electron chi connectivity index (χ1n) is 15.2. The zero-order chi connectivity index (χ0) is 28.6. The van der Waals surface area contributed by atoms with E-state index < -0.39 is 0 Å². The van der Waals surface area contributed by atoms with Crippen LogP contribution in [0, 0.1) is 0 Å². The minimum absolute atomic E-state index is 0.104. The minimum atomic E-state index is -0.266. The molecule has 0 radical (unpaired) electrons. The molecule has 1 aliphatic rings. The second kappa shape index (κ2) is 17.9. The van der Waals surface area contributed by atoms with Crippen LogP contribution in [0.4, 0.5) is 5.69 Å². The number of carbonyl (C=O) groups excluding carboxylic acids is 2. The number of anilines is 1. The average molecular weight is 565 g/mol. The van der Waals surface area contributed by atoms with Gasteiger partial charge in [0.15, 0.2) is 5.78 Å². The number of para-hydroxylation sites is 1. The molecule has 0 aliphatic carbocycles. The third kappa shape index (κ3) is 11.0. The normalized spacial score (nSPS) is 12.9. The lowest BCUT2D eigenvalue weighted by molar-refractivity contribution is 0.101. The van der Waals surface area contributed by atoms with Crippen molar-refractivity contribution in [1.29, 1.82) is 0 Å². The molecular formula is C34H48N2O3S. The molecule has 2 aromatic rings. The molecule has 2 aromatic carbocycles. The fourth-order valence-corrected chi connectivity index (χ4v) is 5.81. The van der Waals surface area contributed by atoms with E-state index >= 15 is 0 Å². The Hall–Kier alpha value is -2.73. The molecule has 0 aromatic heterocycles. The van der Waals surface area contributed by atoms with Gasteiger partial charge in [-0.25, -0.2) is 0 Å². The van der Waals surface area contributed by atoms with Crippen molar-refractivity contribution in [1.82, 2.24) is 4.90 Å². The van der Waals surface area contributed by atoms with Crippen molar-refractivity contribution in [2.75, 3.05) is 17.8 Å². The standard InChI is InChI=1S/C34H48N2O3S/c1-4-5-6-7-8-9-10-11-12-13-14-15-22-39-33-31(28(3)37)20-17-21-32(33)34(38)35-30-19-16-18-29(23-30)25-36-24-27(2)40-26-36/h16-21,23-24H,4-15,22,25-26H2,1-3H3,(H,35,38). The molecule has 1 amide bonds. The maximum Gasteiger partial charge on any atom is 0.259 e. The van der Waals surface area contributed by atoms with Crippen molar-refractivity contribution in [3.8, 4) is 5.75 Å². The van der Waals surface area contributed by atoms with Gasteiger partial charge in [-0.3, -0.25) is 9.59 Å². The summed E-state index contributed by atoms with van der Waals surface area (Å²) in [6.07, 6.45) is 17.5. The molecule has 3 rings (SSSR count). The van der Waals surface area contributed by atoms with Gasteiger partial charge in [0.05, 0.1) is 23.6 Å². The molecule has 0 atom stereocenters. The SMILES string of the molecule is CCCCCCCCCCCCCCOc1c(C(C)=O)cccc1C(=O)Nc1cccc(CN2C=C(C)SC2)c1. The Balaban J connectivity index is 1.47. The predicted octanol–water partition coefficient (Wildman–Crippen LogP) is 9.59. The van der Waals surface area contributed by atoms with Gasteiger partial charge in [-0.05, 0) is 55.0 Å². The van der Waals surface area contributed by atoms with E-state index in [1.54, 1.807) is 18.2 Å². The average Bonchev–Trinajstić information content (AvgIpc) is 3.35. The van der Waals surface area contributed by atoms with Crippen LogP contribution < -0.4 is 10.1 Å². The van der Waals surface area contributed by atoms with E-state index in [1.807, 2.05) is 30.0 Å². The molecule has 0 saturated carbocycles. The first-order valence-corrected chi connectivity index (χ1v) is 16.2. The van der Waals surface area contributed by atoms with E-state index in [1.165, 1.54) is 76.0 Å². The summed E-state index contributed by atoms with van der Waals surface area (Å²) in [6, 6.07) is 13.1. The predicted molar refractivity (Wildman–Crippen MR) is 169 cm³/mol. The van der Waals surface area contributed by atoms with Crippen LogP contribution in [-0.4, -0.2) is 29.1 Å². The summed E-state index contributed by atoms with van der Waals surface area (Å²) in [4.78, 5) is 29.2. The minimum Gasteiger partial charge on any atom is -0.492 e. The monoisotopic (exact) mass is 564 g/mol. The number of hydrogen-bond donors (Lipinski definition) is 1. The Bertz CT molecular complexity index is 1110. The molecule has 40 heavy (non-hydrogen) atoms. The number of ether oxygens (including phenoxy) is 1. The Morgan fingerprint density at radius 2 is 1.50 bits per heavy atom. The van der Waals surface area contributed by atoms with Crippen molar-refractivity contribution < 1.29 is 14.3 Å². The summed E-state index contributed by atoms with van der Waals surface area (Å²) in [7, 11) is 0. The van der Waals surface area contributed by atoms with Gasteiger partial charge in [-0.2, -0.15) is 0 Å². The van der Waals surface area contributed by atoms with Gasteiger partial charge >= 0.3 is 0 Å². The zero-order valence-electron chi connectivity index (χ0n) is 24.8. The van der Waals surface area contributed by atoms with E-state index in [2.05, 4.69) is 36.3 Å². The third-order valence-electron chi connectivity index (χ3n) is 7.28. The zero-order valence-corrected chi connectivity index (χ0v) is 25.6. The van der Waals surface area contributed by atoms with Crippen LogP contribution in [0.1, 0.15) is 124 Å². The quantitative estimate of drug-likeness (QED) is 0.136. The summed E-state index contributed by atoms with van der Waals surface area (Å²) in [5.74, 6) is 0.965. The highest BCUT2D eigenvalue weighted by molar-refractivity contribution is 8.03. The highest BCUT2D eigenvalue weighted by Gasteiger charge is 2.19. The van der Waals surface area contributed by atoms with Crippen molar-refractivity contribution in [2.24, 2.45) is 0 Å². The molecule has 6 heteroatoms. The summed E-state index contributed by atoms with van der Waals surface area (Å²) in [6.45, 7) is 7.19. The summed E-state index contributed by atoms with van der Waals surface area (Å²) < 4.78 is 6.11. The topological polar surface area (TPSA) is 58.6 Å². The van der Waals surface area contributed by atoms with Crippen molar-refractivity contribution in [3.05, 3.63) is 70.3 Å². The van der Waals surface area contributed by atoms with E-state index in [-0.39, 0.29) is 11.7 Å². The van der Waals surface area contributed by atoms with Gasteiger partial charge in [-0.15, -0.1) is 11.8 Å². The van der Waals surface area contributed by atoms with Gasteiger partial charge in [0.2, 0.25) is 0 Å². The molecule has 0 saturated heterocycles. The van der Waals surface area contributed by atoms with Crippen molar-refractivity contribution in [2.45, 2.75) is 104 Å². The van der Waals surface area contributed by atoms with Crippen LogP contribution >= 0.6 is 11.8 Å². The van der Waals surface area contributed by atoms with Gasteiger partial charge in [-0.1, -0.05) is 95.8 Å². The lowest BCUT2D eigenvalue weighted by Gasteiger charge is -2.16. The molecule has 1 heterocycles. The molecule has 0 unspecified atom stereocenters. The molecule has 1 aliphatic heterocycles. The smallest absolute Gasteiger partial charge is 0.259 e. The van der Waals surface area contributed by atoms with Crippen LogP contribution in [0.2, 0.25) is 0 Å². The van der Waals surface area contributed by atoms with E-state index in [9.17, 15) is 9.59 Å². The largest absolute Gasteiger partial charge is 0.492 e. The third-order valence-corrected chi connectivity index (χ3v) is 8.30.